The van der Waals surface area contributed by atoms with E-state index in [0.717, 1.165) is 18.6 Å². The summed E-state index contributed by atoms with van der Waals surface area (Å²) < 4.78 is 0. The minimum Gasteiger partial charge on any atom is -0.287 e. The molecule has 1 unspecified atom stereocenters. The molecular weight excluding hydrogens is 120 g/mol. The molecule has 0 N–H and O–H groups in total. The van der Waals surface area contributed by atoms with Gasteiger partial charge in [-0.05, 0) is 12.8 Å². The Morgan fingerprint density at radius 2 is 2.62 bits per heavy atom. The van der Waals surface area contributed by atoms with E-state index in [9.17, 15) is 4.79 Å². The average Bonchev–Trinajstić information content (AvgIpc) is 2.14. The molecule has 1 aliphatic heterocycles. The maximum atomic E-state index is 10.8. The van der Waals surface area contributed by atoms with E-state index >= 15 is 0 Å². The molecule has 1 aliphatic rings. The van der Waals surface area contributed by atoms with Crippen molar-refractivity contribution in [2.45, 2.75) is 19.8 Å². The van der Waals surface area contributed by atoms with Crippen LogP contribution < -0.4 is 0 Å². The first-order valence-corrected chi connectivity index (χ1v) is 3.99. The zero-order valence-corrected chi connectivity index (χ0v) is 5.83. The Hall–Kier alpha value is 0.0200. The Bertz CT molecular complexity index is 101. The van der Waals surface area contributed by atoms with Crippen molar-refractivity contribution in [1.82, 2.24) is 0 Å². The molecule has 0 spiro atoms. The highest BCUT2D eigenvalue weighted by molar-refractivity contribution is 8.14. The Balaban J connectivity index is 2.42. The predicted molar refractivity (Wildman–Crippen MR) is 35.9 cm³/mol. The largest absolute Gasteiger partial charge is 0.287 e. The van der Waals surface area contributed by atoms with E-state index in [1.54, 1.807) is 0 Å². The molecule has 46 valence electrons. The monoisotopic (exact) mass is 130 g/mol. The third kappa shape index (κ3) is 1.05. The van der Waals surface area contributed by atoms with Gasteiger partial charge in [0.15, 0.2) is 5.12 Å². The topological polar surface area (TPSA) is 17.1 Å². The highest BCUT2D eigenvalue weighted by Gasteiger charge is 2.22. The third-order valence-electron chi connectivity index (χ3n) is 1.54. The number of hydrogen-bond donors (Lipinski definition) is 0. The summed E-state index contributed by atoms with van der Waals surface area (Å²) in [6, 6.07) is 0. The molecule has 8 heavy (non-hydrogen) atoms. The smallest absolute Gasteiger partial charge is 0.192 e. The molecule has 1 saturated heterocycles. The van der Waals surface area contributed by atoms with E-state index < -0.39 is 0 Å². The van der Waals surface area contributed by atoms with Gasteiger partial charge in [0.05, 0.1) is 0 Å². The van der Waals surface area contributed by atoms with Gasteiger partial charge >= 0.3 is 0 Å². The maximum Gasteiger partial charge on any atom is 0.192 e. The van der Waals surface area contributed by atoms with Gasteiger partial charge in [-0.1, -0.05) is 18.7 Å². The average molecular weight is 130 g/mol. The van der Waals surface area contributed by atoms with E-state index in [0.29, 0.717) is 11.0 Å². The van der Waals surface area contributed by atoms with Crippen LogP contribution in [-0.2, 0) is 4.79 Å². The van der Waals surface area contributed by atoms with Gasteiger partial charge in [-0.15, -0.1) is 0 Å². The van der Waals surface area contributed by atoms with Crippen molar-refractivity contribution in [1.29, 1.82) is 0 Å². The summed E-state index contributed by atoms with van der Waals surface area (Å²) in [5.74, 6) is 1.44. The van der Waals surface area contributed by atoms with Crippen LogP contribution in [0.25, 0.3) is 0 Å². The van der Waals surface area contributed by atoms with Crippen molar-refractivity contribution in [2.75, 3.05) is 5.75 Å². The fourth-order valence-corrected chi connectivity index (χ4v) is 2.03. The molecule has 0 aliphatic carbocycles. The van der Waals surface area contributed by atoms with Gasteiger partial charge in [0.1, 0.15) is 0 Å². The normalized spacial score (nSPS) is 29.1. The van der Waals surface area contributed by atoms with Crippen molar-refractivity contribution in [2.24, 2.45) is 5.92 Å². The minimum absolute atomic E-state index is 0.389. The van der Waals surface area contributed by atoms with Gasteiger partial charge in [-0.3, -0.25) is 4.79 Å². The summed E-state index contributed by atoms with van der Waals surface area (Å²) in [7, 11) is 0. The second kappa shape index (κ2) is 2.53. The molecule has 1 rings (SSSR count). The third-order valence-corrected chi connectivity index (χ3v) is 2.59. The summed E-state index contributed by atoms with van der Waals surface area (Å²) in [6.07, 6.45) is 2.14. The lowest BCUT2D eigenvalue weighted by atomic mass is 10.1. The fourth-order valence-electron chi connectivity index (χ4n) is 0.908. The first-order chi connectivity index (χ1) is 3.84. The van der Waals surface area contributed by atoms with Crippen LogP contribution in [0.15, 0.2) is 0 Å². The molecule has 0 aromatic heterocycles. The second-order valence-electron chi connectivity index (χ2n) is 2.06. The molecule has 0 aromatic carbocycles. The van der Waals surface area contributed by atoms with Crippen molar-refractivity contribution < 1.29 is 4.79 Å². The van der Waals surface area contributed by atoms with Crippen molar-refractivity contribution >= 4 is 16.9 Å². The van der Waals surface area contributed by atoms with Crippen LogP contribution in [-0.4, -0.2) is 10.9 Å². The number of hydrogen-bond acceptors (Lipinski definition) is 2. The molecule has 1 nitrogen and oxygen atoms in total. The standard InChI is InChI=1S/C6H10OS/c1-2-5-3-4-8-6(5)7/h5H,2-4H2,1H3. The molecule has 0 bridgehead atoms. The molecule has 1 heterocycles. The molecular formula is C6H10OS. The minimum atomic E-state index is 0.389. The van der Waals surface area contributed by atoms with Crippen molar-refractivity contribution in [3.63, 3.8) is 0 Å². The van der Waals surface area contributed by atoms with Gasteiger partial charge in [-0.25, -0.2) is 0 Å². The molecule has 1 atom stereocenters. The summed E-state index contributed by atoms with van der Waals surface area (Å²) in [5, 5.41) is 0.410. The summed E-state index contributed by atoms with van der Waals surface area (Å²) >= 11 is 1.49. The van der Waals surface area contributed by atoms with Crippen LogP contribution in [0.5, 0.6) is 0 Å². The van der Waals surface area contributed by atoms with Gasteiger partial charge < -0.3 is 0 Å². The van der Waals surface area contributed by atoms with Gasteiger partial charge in [-0.2, -0.15) is 0 Å². The zero-order chi connectivity index (χ0) is 5.98. The molecule has 0 amide bonds. The Labute approximate surface area is 53.8 Å². The highest BCUT2D eigenvalue weighted by atomic mass is 32.2. The zero-order valence-electron chi connectivity index (χ0n) is 5.02. The predicted octanol–water partition coefficient (Wildman–Crippen LogP) is 1.68. The van der Waals surface area contributed by atoms with Crippen LogP contribution in [0, 0.1) is 5.92 Å². The molecule has 0 aromatic rings. The quantitative estimate of drug-likeness (QED) is 0.537. The number of carbonyl (C=O) groups excluding carboxylic acids is 1. The number of rotatable bonds is 1. The maximum absolute atomic E-state index is 10.8. The van der Waals surface area contributed by atoms with E-state index in [2.05, 4.69) is 6.92 Å². The van der Waals surface area contributed by atoms with Crippen LogP contribution in [0.2, 0.25) is 0 Å². The van der Waals surface area contributed by atoms with E-state index in [4.69, 9.17) is 0 Å². The Kier molecular flexibility index (Phi) is 1.95. The van der Waals surface area contributed by atoms with E-state index in [1.165, 1.54) is 11.8 Å². The van der Waals surface area contributed by atoms with Crippen molar-refractivity contribution in [3.05, 3.63) is 0 Å². The fraction of sp³-hybridized carbons (Fsp3) is 0.833. The Morgan fingerprint density at radius 1 is 1.88 bits per heavy atom. The van der Waals surface area contributed by atoms with Crippen LogP contribution in [0.3, 0.4) is 0 Å². The van der Waals surface area contributed by atoms with Gasteiger partial charge in [0, 0.05) is 11.7 Å². The van der Waals surface area contributed by atoms with E-state index in [-0.39, 0.29) is 0 Å². The lowest BCUT2D eigenvalue weighted by Crippen LogP contribution is -2.00. The number of carbonyl (C=O) groups is 1. The lowest BCUT2D eigenvalue weighted by Gasteiger charge is -1.97. The SMILES string of the molecule is CCC1CCSC1=O. The molecule has 1 fully saturated rings. The summed E-state index contributed by atoms with van der Waals surface area (Å²) in [4.78, 5) is 10.8. The lowest BCUT2D eigenvalue weighted by molar-refractivity contribution is -0.113. The van der Waals surface area contributed by atoms with Crippen LogP contribution >= 0.6 is 11.8 Å². The number of thioether (sulfide) groups is 1. The van der Waals surface area contributed by atoms with Crippen LogP contribution in [0.4, 0.5) is 0 Å². The molecule has 0 saturated carbocycles. The second-order valence-corrected chi connectivity index (χ2v) is 3.16. The molecule has 2 heteroatoms. The first kappa shape index (κ1) is 6.14. The van der Waals surface area contributed by atoms with Gasteiger partial charge in [0.2, 0.25) is 0 Å². The Morgan fingerprint density at radius 3 is 2.88 bits per heavy atom. The first-order valence-electron chi connectivity index (χ1n) is 3.01. The highest BCUT2D eigenvalue weighted by Crippen LogP contribution is 2.27. The van der Waals surface area contributed by atoms with E-state index in [1.807, 2.05) is 0 Å². The molecule has 0 radical (unpaired) electrons. The van der Waals surface area contributed by atoms with Gasteiger partial charge in [0.25, 0.3) is 0 Å². The van der Waals surface area contributed by atoms with Crippen LogP contribution in [0.1, 0.15) is 19.8 Å². The van der Waals surface area contributed by atoms with Crippen molar-refractivity contribution in [3.8, 4) is 0 Å². The summed E-state index contributed by atoms with van der Waals surface area (Å²) in [5.41, 5.74) is 0. The summed E-state index contributed by atoms with van der Waals surface area (Å²) in [6.45, 7) is 2.08.